The first kappa shape index (κ1) is 15.6. The van der Waals surface area contributed by atoms with Gasteiger partial charge >= 0.3 is 5.63 Å². The van der Waals surface area contributed by atoms with E-state index < -0.39 is 11.5 Å². The molecule has 0 spiro atoms. The summed E-state index contributed by atoms with van der Waals surface area (Å²) in [6.07, 6.45) is 0. The summed E-state index contributed by atoms with van der Waals surface area (Å²) < 4.78 is 5.99. The van der Waals surface area contributed by atoms with E-state index in [0.717, 1.165) is 9.35 Å². The van der Waals surface area contributed by atoms with Gasteiger partial charge in [0.1, 0.15) is 11.1 Å². The Morgan fingerprint density at radius 3 is 2.87 bits per heavy atom. The van der Waals surface area contributed by atoms with E-state index in [1.54, 1.807) is 25.1 Å². The molecule has 0 atom stereocenters. The van der Waals surface area contributed by atoms with Crippen LogP contribution in [0.4, 0.5) is 0 Å². The summed E-state index contributed by atoms with van der Waals surface area (Å²) >= 11 is 4.86. The summed E-state index contributed by atoms with van der Waals surface area (Å²) in [4.78, 5) is 25.1. The maximum atomic E-state index is 12.2. The first-order valence-corrected chi connectivity index (χ1v) is 8.34. The van der Waals surface area contributed by atoms with Gasteiger partial charge in [-0.15, -0.1) is 11.3 Å². The average molecular weight is 391 g/mol. The van der Waals surface area contributed by atoms with E-state index in [1.165, 1.54) is 17.4 Å². The SMILES string of the molecule is C/C(=N\NC(=O)c1cc2cc(Br)ccc2oc1=O)c1cccs1. The van der Waals surface area contributed by atoms with Crippen LogP contribution < -0.4 is 11.1 Å². The highest BCUT2D eigenvalue weighted by Crippen LogP contribution is 2.19. The standard InChI is InChI=1S/C16H11BrN2O3S/c1-9(14-3-2-6-23-14)18-19-15(20)12-8-10-7-11(17)4-5-13(10)22-16(12)21/h2-8H,1H3,(H,19,20)/b18-9+. The number of fused-ring (bicyclic) bond motifs is 1. The van der Waals surface area contributed by atoms with Gasteiger partial charge in [-0.05, 0) is 42.6 Å². The number of amides is 1. The quantitative estimate of drug-likeness (QED) is 0.420. The van der Waals surface area contributed by atoms with E-state index >= 15 is 0 Å². The fraction of sp³-hybridized carbons (Fsp3) is 0.0625. The highest BCUT2D eigenvalue weighted by atomic mass is 79.9. The van der Waals surface area contributed by atoms with Gasteiger partial charge in [-0.3, -0.25) is 4.79 Å². The molecule has 2 heterocycles. The maximum absolute atomic E-state index is 12.2. The van der Waals surface area contributed by atoms with Crippen LogP contribution in [0.1, 0.15) is 22.2 Å². The first-order chi connectivity index (χ1) is 11.0. The minimum atomic E-state index is -0.693. The third-order valence-electron chi connectivity index (χ3n) is 3.14. The highest BCUT2D eigenvalue weighted by Gasteiger charge is 2.13. The molecule has 1 amide bonds. The van der Waals surface area contributed by atoms with Gasteiger partial charge in [0.05, 0.1) is 5.71 Å². The summed E-state index contributed by atoms with van der Waals surface area (Å²) in [6, 6.07) is 10.5. The number of hydrazone groups is 1. The molecule has 0 radical (unpaired) electrons. The van der Waals surface area contributed by atoms with Crippen molar-refractivity contribution in [3.05, 3.63) is 67.1 Å². The molecule has 0 unspecified atom stereocenters. The smallest absolute Gasteiger partial charge is 0.349 e. The Morgan fingerprint density at radius 2 is 2.13 bits per heavy atom. The predicted molar refractivity (Wildman–Crippen MR) is 94.2 cm³/mol. The molecule has 3 aromatic rings. The van der Waals surface area contributed by atoms with E-state index in [9.17, 15) is 9.59 Å². The zero-order chi connectivity index (χ0) is 16.4. The van der Waals surface area contributed by atoms with Crippen molar-refractivity contribution in [2.24, 2.45) is 5.10 Å². The Bertz CT molecular complexity index is 961. The number of nitrogens with zero attached hydrogens (tertiary/aromatic N) is 1. The molecule has 0 saturated carbocycles. The zero-order valence-corrected chi connectivity index (χ0v) is 14.4. The second kappa shape index (κ2) is 6.47. The molecule has 0 aliphatic carbocycles. The van der Waals surface area contributed by atoms with Crippen LogP contribution in [0, 0.1) is 0 Å². The number of halogens is 1. The van der Waals surface area contributed by atoms with E-state index in [4.69, 9.17) is 4.42 Å². The van der Waals surface area contributed by atoms with Gasteiger partial charge in [0, 0.05) is 14.7 Å². The second-order valence-electron chi connectivity index (χ2n) is 4.75. The van der Waals surface area contributed by atoms with Crippen LogP contribution in [0.2, 0.25) is 0 Å². The van der Waals surface area contributed by atoms with Crippen molar-refractivity contribution >= 4 is 49.9 Å². The second-order valence-corrected chi connectivity index (χ2v) is 6.61. The third-order valence-corrected chi connectivity index (χ3v) is 4.61. The number of benzene rings is 1. The fourth-order valence-corrected chi connectivity index (χ4v) is 3.04. The molecular formula is C16H11BrN2O3S. The van der Waals surface area contributed by atoms with Gasteiger partial charge in [-0.2, -0.15) is 5.10 Å². The van der Waals surface area contributed by atoms with E-state index in [1.807, 2.05) is 17.5 Å². The number of thiophene rings is 1. The number of carbonyl (C=O) groups is 1. The van der Waals surface area contributed by atoms with Gasteiger partial charge < -0.3 is 4.42 Å². The predicted octanol–water partition coefficient (Wildman–Crippen LogP) is 3.77. The molecular weight excluding hydrogens is 380 g/mol. The summed E-state index contributed by atoms with van der Waals surface area (Å²) in [5.41, 5.74) is 2.70. The Labute approximate surface area is 143 Å². The molecule has 3 rings (SSSR count). The molecule has 1 N–H and O–H groups in total. The first-order valence-electron chi connectivity index (χ1n) is 6.66. The number of hydrogen-bond acceptors (Lipinski definition) is 5. The summed E-state index contributed by atoms with van der Waals surface area (Å²) in [7, 11) is 0. The van der Waals surface area contributed by atoms with E-state index in [0.29, 0.717) is 16.7 Å². The van der Waals surface area contributed by atoms with Crippen LogP contribution in [-0.4, -0.2) is 11.6 Å². The Morgan fingerprint density at radius 1 is 1.30 bits per heavy atom. The lowest BCUT2D eigenvalue weighted by Crippen LogP contribution is -2.25. The van der Waals surface area contributed by atoms with Gasteiger partial charge in [0.2, 0.25) is 0 Å². The van der Waals surface area contributed by atoms with Crippen molar-refractivity contribution in [3.8, 4) is 0 Å². The topological polar surface area (TPSA) is 71.7 Å². The van der Waals surface area contributed by atoms with Crippen LogP contribution in [0.5, 0.6) is 0 Å². The van der Waals surface area contributed by atoms with Crippen molar-refractivity contribution in [3.63, 3.8) is 0 Å². The largest absolute Gasteiger partial charge is 0.422 e. The Hall–Kier alpha value is -2.25. The van der Waals surface area contributed by atoms with E-state index in [2.05, 4.69) is 26.5 Å². The number of hydrogen-bond donors (Lipinski definition) is 1. The van der Waals surface area contributed by atoms with Gasteiger partial charge in [0.25, 0.3) is 5.91 Å². The minimum absolute atomic E-state index is 0.0849. The third kappa shape index (κ3) is 3.40. The monoisotopic (exact) mass is 390 g/mol. The van der Waals surface area contributed by atoms with Crippen LogP contribution >= 0.6 is 27.3 Å². The van der Waals surface area contributed by atoms with E-state index in [-0.39, 0.29) is 5.56 Å². The lowest BCUT2D eigenvalue weighted by molar-refractivity contribution is 0.0951. The molecule has 2 aromatic heterocycles. The van der Waals surface area contributed by atoms with Gasteiger partial charge in [-0.25, -0.2) is 10.2 Å². The molecule has 0 fully saturated rings. The summed E-state index contributed by atoms with van der Waals surface area (Å²) in [6.45, 7) is 1.78. The van der Waals surface area contributed by atoms with Gasteiger partial charge in [0.15, 0.2) is 0 Å². The Balaban J connectivity index is 1.90. The molecule has 0 saturated heterocycles. The molecule has 116 valence electrons. The van der Waals surface area contributed by atoms with Crippen molar-refractivity contribution < 1.29 is 9.21 Å². The molecule has 0 aliphatic heterocycles. The summed E-state index contributed by atoms with van der Waals surface area (Å²) in [5.74, 6) is -0.600. The van der Waals surface area contributed by atoms with Crippen molar-refractivity contribution in [1.29, 1.82) is 0 Å². The lowest BCUT2D eigenvalue weighted by Gasteiger charge is -2.03. The van der Waals surface area contributed by atoms with Crippen LogP contribution in [0.15, 0.2) is 60.6 Å². The molecule has 1 aromatic carbocycles. The zero-order valence-electron chi connectivity index (χ0n) is 12.0. The van der Waals surface area contributed by atoms with Gasteiger partial charge in [-0.1, -0.05) is 22.0 Å². The van der Waals surface area contributed by atoms with Crippen LogP contribution in [0.3, 0.4) is 0 Å². The normalized spacial score (nSPS) is 11.7. The average Bonchev–Trinajstić information content (AvgIpc) is 3.06. The highest BCUT2D eigenvalue weighted by molar-refractivity contribution is 9.10. The van der Waals surface area contributed by atoms with Crippen molar-refractivity contribution in [2.45, 2.75) is 6.92 Å². The molecule has 7 heteroatoms. The maximum Gasteiger partial charge on any atom is 0.349 e. The van der Waals surface area contributed by atoms with Crippen LogP contribution in [0.25, 0.3) is 11.0 Å². The fourth-order valence-electron chi connectivity index (χ4n) is 1.99. The number of carbonyl (C=O) groups excluding carboxylic acids is 1. The number of nitrogens with one attached hydrogen (secondary N) is 1. The Kier molecular flexibility index (Phi) is 4.40. The van der Waals surface area contributed by atoms with Crippen molar-refractivity contribution in [2.75, 3.05) is 0 Å². The van der Waals surface area contributed by atoms with Crippen LogP contribution in [-0.2, 0) is 0 Å². The molecule has 5 nitrogen and oxygen atoms in total. The molecule has 23 heavy (non-hydrogen) atoms. The molecule has 0 bridgehead atoms. The summed E-state index contributed by atoms with van der Waals surface area (Å²) in [5, 5.41) is 6.60. The molecule has 0 aliphatic rings. The minimum Gasteiger partial charge on any atom is -0.422 e. The number of rotatable bonds is 3. The lowest BCUT2D eigenvalue weighted by atomic mass is 10.2. The van der Waals surface area contributed by atoms with Crippen molar-refractivity contribution in [1.82, 2.24) is 5.43 Å².